The Morgan fingerprint density at radius 1 is 0.875 bits per heavy atom. The molecule has 0 fully saturated rings. The minimum atomic E-state index is -1.10. The quantitative estimate of drug-likeness (QED) is 0.230. The second kappa shape index (κ2) is 12.2. The number of nitrogens with zero attached hydrogens (tertiary/aromatic N) is 2. The Morgan fingerprint density at radius 3 is 1.77 bits per heavy atom. The molecule has 1 aromatic heterocycles. The van der Waals surface area contributed by atoms with Crippen molar-refractivity contribution in [2.45, 2.75) is 64.1 Å². The Kier molecular flexibility index (Phi) is 8.73. The van der Waals surface area contributed by atoms with Crippen LogP contribution in [0.1, 0.15) is 61.8 Å². The average Bonchev–Trinajstić information content (AvgIpc) is 3.29. The molecule has 0 radical (unpaired) electrons. The van der Waals surface area contributed by atoms with Gasteiger partial charge in [-0.1, -0.05) is 91.0 Å². The van der Waals surface area contributed by atoms with Crippen molar-refractivity contribution in [2.75, 3.05) is 0 Å². The Hall–Kier alpha value is -4.39. The normalized spacial score (nSPS) is 12.5. The van der Waals surface area contributed by atoms with Gasteiger partial charge >= 0.3 is 12.1 Å². The number of nitrogens with one attached hydrogen (secondary N) is 1. The number of aromatic nitrogens is 2. The first-order valence-corrected chi connectivity index (χ1v) is 13.6. The van der Waals surface area contributed by atoms with Gasteiger partial charge in [-0.3, -0.25) is 0 Å². The predicted molar refractivity (Wildman–Crippen MR) is 155 cm³/mol. The van der Waals surface area contributed by atoms with Crippen LogP contribution in [0, 0.1) is 6.92 Å². The van der Waals surface area contributed by atoms with Crippen molar-refractivity contribution in [3.05, 3.63) is 125 Å². The number of imidazole rings is 1. The number of rotatable bonds is 10. The fourth-order valence-corrected chi connectivity index (χ4v) is 5.22. The summed E-state index contributed by atoms with van der Waals surface area (Å²) in [4.78, 5) is 29.0. The molecule has 0 aliphatic carbocycles. The van der Waals surface area contributed by atoms with Crippen molar-refractivity contribution in [3.63, 3.8) is 0 Å². The molecule has 4 rings (SSSR count). The standard InChI is InChI=1S/C33H37N3O4/c1-24-23-34-29(22-14-21-28(30(37)38)35-31(39)40-32(2,3)4)36(24)33(25-15-8-5-9-16-25,26-17-10-6-11-18-26)27-19-12-7-13-20-27/h5-13,15-20,23,28H,14,21-22H2,1-4H3,(H,35,39)(H,37,38)/t28-/m0/s1. The summed E-state index contributed by atoms with van der Waals surface area (Å²) in [5.74, 6) is -0.270. The molecule has 7 heteroatoms. The van der Waals surface area contributed by atoms with Crippen molar-refractivity contribution < 1.29 is 19.4 Å². The van der Waals surface area contributed by atoms with Crippen LogP contribution in [0.25, 0.3) is 0 Å². The smallest absolute Gasteiger partial charge is 0.408 e. The molecule has 3 aromatic carbocycles. The molecule has 0 unspecified atom stereocenters. The lowest BCUT2D eigenvalue weighted by molar-refractivity contribution is -0.139. The number of hydrogen-bond acceptors (Lipinski definition) is 4. The van der Waals surface area contributed by atoms with Gasteiger partial charge in [0.05, 0.1) is 0 Å². The first kappa shape index (κ1) is 28.6. The predicted octanol–water partition coefficient (Wildman–Crippen LogP) is 6.33. The zero-order valence-electron chi connectivity index (χ0n) is 23.5. The summed E-state index contributed by atoms with van der Waals surface area (Å²) in [6.45, 7) is 7.26. The maximum atomic E-state index is 12.3. The Balaban J connectivity index is 1.74. The van der Waals surface area contributed by atoms with Crippen LogP contribution in [0.5, 0.6) is 0 Å². The van der Waals surface area contributed by atoms with Crippen LogP contribution >= 0.6 is 0 Å². The van der Waals surface area contributed by atoms with E-state index < -0.39 is 29.2 Å². The van der Waals surface area contributed by atoms with Gasteiger partial charge in [0.1, 0.15) is 23.0 Å². The highest BCUT2D eigenvalue weighted by molar-refractivity contribution is 5.79. The summed E-state index contributed by atoms with van der Waals surface area (Å²) in [6, 6.07) is 30.0. The lowest BCUT2D eigenvalue weighted by Gasteiger charge is -2.39. The average molecular weight is 540 g/mol. The first-order valence-electron chi connectivity index (χ1n) is 13.6. The van der Waals surface area contributed by atoms with Crippen LogP contribution in [0.4, 0.5) is 4.79 Å². The fraction of sp³-hybridized carbons (Fsp3) is 0.303. The minimum absolute atomic E-state index is 0.232. The van der Waals surface area contributed by atoms with E-state index in [1.807, 2.05) is 67.7 Å². The van der Waals surface area contributed by atoms with E-state index in [2.05, 4.69) is 46.3 Å². The molecule has 0 aliphatic heterocycles. The van der Waals surface area contributed by atoms with Gasteiger partial charge in [0.2, 0.25) is 0 Å². The molecule has 0 aliphatic rings. The van der Waals surface area contributed by atoms with E-state index >= 15 is 0 Å². The molecule has 1 amide bonds. The molecule has 4 aromatic rings. The van der Waals surface area contributed by atoms with Crippen LogP contribution in [0.2, 0.25) is 0 Å². The molecule has 1 heterocycles. The summed E-state index contributed by atoms with van der Waals surface area (Å²) in [5, 5.41) is 12.3. The monoisotopic (exact) mass is 539 g/mol. The van der Waals surface area contributed by atoms with Gasteiger partial charge < -0.3 is 19.7 Å². The molecule has 0 spiro atoms. The second-order valence-electron chi connectivity index (χ2n) is 10.9. The van der Waals surface area contributed by atoms with Crippen molar-refractivity contribution in [2.24, 2.45) is 0 Å². The molecule has 0 saturated heterocycles. The van der Waals surface area contributed by atoms with E-state index in [0.717, 1.165) is 28.2 Å². The third-order valence-corrected chi connectivity index (χ3v) is 6.80. The lowest BCUT2D eigenvalue weighted by atomic mass is 9.76. The van der Waals surface area contributed by atoms with Crippen LogP contribution in [0.3, 0.4) is 0 Å². The van der Waals surface area contributed by atoms with Gasteiger partial charge in [0, 0.05) is 18.3 Å². The molecule has 1 atom stereocenters. The van der Waals surface area contributed by atoms with E-state index in [1.165, 1.54) is 0 Å². The van der Waals surface area contributed by atoms with Gasteiger partial charge in [-0.15, -0.1) is 0 Å². The van der Waals surface area contributed by atoms with E-state index in [1.54, 1.807) is 20.8 Å². The number of benzene rings is 3. The number of carbonyl (C=O) groups excluding carboxylic acids is 1. The third kappa shape index (κ3) is 6.25. The number of alkyl carbamates (subject to hydrolysis) is 1. The summed E-state index contributed by atoms with van der Waals surface area (Å²) in [7, 11) is 0. The molecule has 0 saturated carbocycles. The molecule has 2 N–H and O–H groups in total. The van der Waals surface area contributed by atoms with E-state index in [-0.39, 0.29) is 6.42 Å². The lowest BCUT2D eigenvalue weighted by Crippen LogP contribution is -2.43. The molecule has 0 bridgehead atoms. The molecular formula is C33H37N3O4. The van der Waals surface area contributed by atoms with Crippen LogP contribution in [-0.2, 0) is 21.5 Å². The summed E-state index contributed by atoms with van der Waals surface area (Å²) in [6.07, 6.45) is 2.37. The number of aryl methyl sites for hydroxylation is 2. The zero-order chi connectivity index (χ0) is 28.8. The van der Waals surface area contributed by atoms with Gasteiger partial charge in [-0.25, -0.2) is 14.6 Å². The maximum absolute atomic E-state index is 12.3. The number of hydrogen-bond donors (Lipinski definition) is 2. The molecule has 40 heavy (non-hydrogen) atoms. The highest BCUT2D eigenvalue weighted by atomic mass is 16.6. The van der Waals surface area contributed by atoms with Crippen LogP contribution in [0.15, 0.2) is 97.2 Å². The molecular weight excluding hydrogens is 502 g/mol. The van der Waals surface area contributed by atoms with Crippen molar-refractivity contribution in [1.29, 1.82) is 0 Å². The van der Waals surface area contributed by atoms with Crippen LogP contribution in [-0.4, -0.2) is 38.4 Å². The number of ether oxygens (including phenoxy) is 1. The third-order valence-electron chi connectivity index (χ3n) is 6.80. The molecule has 7 nitrogen and oxygen atoms in total. The van der Waals surface area contributed by atoms with E-state index in [4.69, 9.17) is 9.72 Å². The minimum Gasteiger partial charge on any atom is -0.480 e. The highest BCUT2D eigenvalue weighted by Gasteiger charge is 2.40. The summed E-state index contributed by atoms with van der Waals surface area (Å²) >= 11 is 0. The molecule has 208 valence electrons. The number of carboxylic acids is 1. The van der Waals surface area contributed by atoms with Crippen LogP contribution < -0.4 is 5.32 Å². The number of carboxylic acid groups (broad SMARTS) is 1. The Morgan fingerprint density at radius 2 is 1.35 bits per heavy atom. The van der Waals surface area contributed by atoms with Gasteiger partial charge in [0.15, 0.2) is 0 Å². The maximum Gasteiger partial charge on any atom is 0.408 e. The van der Waals surface area contributed by atoms with E-state index in [9.17, 15) is 14.7 Å². The van der Waals surface area contributed by atoms with Gasteiger partial charge in [-0.05, 0) is 57.2 Å². The second-order valence-corrected chi connectivity index (χ2v) is 10.9. The Labute approximate surface area is 235 Å². The summed E-state index contributed by atoms with van der Waals surface area (Å²) in [5.41, 5.74) is 2.82. The highest BCUT2D eigenvalue weighted by Crippen LogP contribution is 2.42. The Bertz CT molecular complexity index is 1310. The number of amides is 1. The topological polar surface area (TPSA) is 93.4 Å². The fourth-order valence-electron chi connectivity index (χ4n) is 5.22. The number of aliphatic carboxylic acids is 1. The van der Waals surface area contributed by atoms with Crippen molar-refractivity contribution >= 4 is 12.1 Å². The zero-order valence-corrected chi connectivity index (χ0v) is 23.5. The van der Waals surface area contributed by atoms with Crippen molar-refractivity contribution in [1.82, 2.24) is 14.9 Å². The SMILES string of the molecule is Cc1cnc(CCC[C@H](NC(=O)OC(C)(C)C)C(=O)O)n1C(c1ccccc1)(c1ccccc1)c1ccccc1. The van der Waals surface area contributed by atoms with Gasteiger partial charge in [0.25, 0.3) is 0 Å². The first-order chi connectivity index (χ1) is 19.1. The largest absolute Gasteiger partial charge is 0.480 e. The van der Waals surface area contributed by atoms with E-state index in [0.29, 0.717) is 12.8 Å². The van der Waals surface area contributed by atoms with Gasteiger partial charge in [-0.2, -0.15) is 0 Å². The summed E-state index contributed by atoms with van der Waals surface area (Å²) < 4.78 is 7.54. The van der Waals surface area contributed by atoms with Crippen molar-refractivity contribution in [3.8, 4) is 0 Å². The number of carbonyl (C=O) groups is 2.